The van der Waals surface area contributed by atoms with Crippen LogP contribution in [0.3, 0.4) is 0 Å². The van der Waals surface area contributed by atoms with E-state index in [0.717, 1.165) is 151 Å². The third kappa shape index (κ3) is 10.2. The van der Waals surface area contributed by atoms with Gasteiger partial charge in [-0.1, -0.05) is 123 Å². The maximum atomic E-state index is 10.7. The van der Waals surface area contributed by atoms with E-state index < -0.39 is 16.8 Å². The van der Waals surface area contributed by atoms with Crippen LogP contribution in [0.1, 0.15) is 196 Å². The molecule has 0 saturated carbocycles. The van der Waals surface area contributed by atoms with Crippen LogP contribution in [-0.2, 0) is 15.9 Å². The molecule has 5 aromatic heterocycles. The van der Waals surface area contributed by atoms with E-state index in [0.29, 0.717) is 5.57 Å². The molecule has 0 saturated heterocycles. The second kappa shape index (κ2) is 23.7. The Morgan fingerprint density at radius 2 is 1.09 bits per heavy atom. The highest BCUT2D eigenvalue weighted by atomic mass is 32.1. The number of nitrogens with zero attached hydrogens (tertiary/aromatic N) is 6. The molecule has 0 radical (unpaired) electrons. The van der Waals surface area contributed by atoms with Crippen molar-refractivity contribution < 1.29 is 14.2 Å². The van der Waals surface area contributed by atoms with E-state index in [1.807, 2.05) is 48.7 Å². The number of aromatic nitrogens is 2. The maximum absolute atomic E-state index is 10.7. The number of thiophene rings is 4. The van der Waals surface area contributed by atoms with E-state index in [4.69, 9.17) is 23.0 Å². The highest BCUT2D eigenvalue weighted by molar-refractivity contribution is 7.31. The van der Waals surface area contributed by atoms with E-state index in [-0.39, 0.29) is 16.9 Å². The number of anilines is 1. The van der Waals surface area contributed by atoms with Crippen LogP contribution in [-0.4, -0.2) is 28.4 Å². The van der Waals surface area contributed by atoms with Crippen molar-refractivity contribution in [1.29, 1.82) is 15.8 Å². The summed E-state index contributed by atoms with van der Waals surface area (Å²) in [6.45, 7) is 13.0. The fourth-order valence-electron chi connectivity index (χ4n) is 12.2. The summed E-state index contributed by atoms with van der Waals surface area (Å²) in [5, 5.41) is 30.6. The molecule has 0 amide bonds. The maximum Gasteiger partial charge on any atom is 0.174 e. The predicted octanol–water partition coefficient (Wildman–Crippen LogP) is 20.3. The minimum Gasteiger partial charge on any atom is -0.479 e. The van der Waals surface area contributed by atoms with Crippen LogP contribution in [0, 0.1) is 34.0 Å². The van der Waals surface area contributed by atoms with Crippen LogP contribution >= 0.6 is 57.1 Å². The third-order valence-corrected chi connectivity index (χ3v) is 21.5. The standard InChI is InChI=1S/C64H72N6O3S5/c1-9-13-17-21-31-63(32-22-18-14-10-2)51-58-46(35-43(74-58)30-27-40-25-28-42(29-26-40)70(7)8)76-60(51)48-53-54(69-78-68-53)49-57(56(48)72-63)73-64(33-23-19-15-11-3,34-24-20-16-12-4)52-59-47(77-61(49)52)36-45(75-59)50-44(39-67)55(41(37-65)38-66)71-62(50,5)6/h25-30,35-36H,9-24,31-34H2,1-8H3/b30-27+. The zero-order chi connectivity index (χ0) is 54.8. The largest absolute Gasteiger partial charge is 0.479 e. The van der Waals surface area contributed by atoms with Crippen LogP contribution in [0.5, 0.6) is 11.5 Å². The first-order valence-electron chi connectivity index (χ1n) is 28.6. The number of unbranched alkanes of at least 4 members (excludes halogenated alkanes) is 12. The van der Waals surface area contributed by atoms with Crippen molar-refractivity contribution in [2.75, 3.05) is 19.0 Å². The van der Waals surface area contributed by atoms with Crippen LogP contribution in [0.25, 0.3) is 68.4 Å². The minimum absolute atomic E-state index is 0.0581. The number of benzene rings is 2. The summed E-state index contributed by atoms with van der Waals surface area (Å²) >= 11 is 8.53. The molecule has 0 unspecified atom stereocenters. The van der Waals surface area contributed by atoms with Gasteiger partial charge < -0.3 is 19.1 Å². The molecule has 7 aromatic rings. The summed E-state index contributed by atoms with van der Waals surface area (Å²) in [6, 6.07) is 19.7. The fourth-order valence-corrected chi connectivity index (χ4v) is 18.6. The molecule has 8 heterocycles. The molecule has 0 fully saturated rings. The van der Waals surface area contributed by atoms with Gasteiger partial charge in [0.2, 0.25) is 0 Å². The van der Waals surface area contributed by atoms with Crippen molar-refractivity contribution in [3.63, 3.8) is 0 Å². The molecule has 10 rings (SSSR count). The SMILES string of the molecule is CCCCCCC1(CCCCCC)Oc2c3c(c4nsnc4c2-c2sc4cc(/C=C/c5ccc(N(C)C)cc5)sc4c21)-c1sc2cc(C4=C(C#N)C(=C(C#N)C#N)OC4(C)C)sc2c1C(CCCCCC)(CCCCCC)O3. The topological polar surface area (TPSA) is 128 Å². The number of ether oxygens (including phenoxy) is 3. The average Bonchev–Trinajstić information content (AvgIpc) is 3.12. The average molecular weight is 1130 g/mol. The van der Waals surface area contributed by atoms with Gasteiger partial charge in [0.1, 0.15) is 51.6 Å². The van der Waals surface area contributed by atoms with Crippen molar-refractivity contribution in [2.24, 2.45) is 0 Å². The zero-order valence-electron chi connectivity index (χ0n) is 46.7. The van der Waals surface area contributed by atoms with Gasteiger partial charge in [0.15, 0.2) is 22.8 Å². The van der Waals surface area contributed by atoms with E-state index in [2.05, 4.69) is 101 Å². The van der Waals surface area contributed by atoms with Crippen molar-refractivity contribution in [3.05, 3.63) is 79.7 Å². The van der Waals surface area contributed by atoms with Crippen molar-refractivity contribution in [1.82, 2.24) is 8.75 Å². The summed E-state index contributed by atoms with van der Waals surface area (Å²) in [5.41, 5.74) is 7.20. The lowest BCUT2D eigenvalue weighted by Crippen LogP contribution is -2.39. The van der Waals surface area contributed by atoms with Crippen molar-refractivity contribution in [3.8, 4) is 50.6 Å². The summed E-state index contributed by atoms with van der Waals surface area (Å²) < 4.78 is 38.0. The highest BCUT2D eigenvalue weighted by Gasteiger charge is 2.52. The van der Waals surface area contributed by atoms with Gasteiger partial charge in [0.05, 0.1) is 32.3 Å². The quantitative estimate of drug-likeness (QED) is 0.0429. The first-order chi connectivity index (χ1) is 37.9. The summed E-state index contributed by atoms with van der Waals surface area (Å²) in [5.74, 6) is 1.72. The predicted molar refractivity (Wildman–Crippen MR) is 330 cm³/mol. The second-order valence-electron chi connectivity index (χ2n) is 22.3. The smallest absolute Gasteiger partial charge is 0.174 e. The van der Waals surface area contributed by atoms with Crippen molar-refractivity contribution in [2.45, 2.75) is 187 Å². The molecule has 14 heteroatoms. The molecule has 406 valence electrons. The lowest BCUT2D eigenvalue weighted by atomic mass is 9.78. The van der Waals surface area contributed by atoms with E-state index in [1.54, 1.807) is 22.7 Å². The molecule has 2 aromatic carbocycles. The summed E-state index contributed by atoms with van der Waals surface area (Å²) in [4.78, 5) is 6.70. The van der Waals surface area contributed by atoms with Gasteiger partial charge in [-0.25, -0.2) is 0 Å². The van der Waals surface area contributed by atoms with Gasteiger partial charge in [-0.3, -0.25) is 0 Å². The van der Waals surface area contributed by atoms with Gasteiger partial charge in [0, 0.05) is 65.4 Å². The molecule has 0 bridgehead atoms. The molecule has 78 heavy (non-hydrogen) atoms. The van der Waals surface area contributed by atoms with Crippen molar-refractivity contribution >= 4 is 110 Å². The molecule has 3 aliphatic rings. The molecule has 3 aliphatic heterocycles. The number of allylic oxidation sites excluding steroid dienone is 2. The number of rotatable bonds is 24. The Labute approximate surface area is 481 Å². The van der Waals surface area contributed by atoms with Gasteiger partial charge in [-0.2, -0.15) is 24.5 Å². The van der Waals surface area contributed by atoms with E-state index >= 15 is 0 Å². The third-order valence-electron chi connectivity index (χ3n) is 16.2. The summed E-state index contributed by atoms with van der Waals surface area (Å²) in [6.07, 6.45) is 26.1. The molecule has 0 aliphatic carbocycles. The zero-order valence-corrected chi connectivity index (χ0v) is 50.8. The Hall–Kier alpha value is -5.53. The molecule has 9 nitrogen and oxygen atoms in total. The van der Waals surface area contributed by atoms with E-state index in [1.165, 1.54) is 83.8 Å². The minimum atomic E-state index is -0.951. The highest BCUT2D eigenvalue weighted by Crippen LogP contribution is 2.67. The number of hydrogen-bond acceptors (Lipinski definition) is 14. The van der Waals surface area contributed by atoms with Crippen LogP contribution < -0.4 is 14.4 Å². The summed E-state index contributed by atoms with van der Waals surface area (Å²) in [7, 11) is 4.16. The Morgan fingerprint density at radius 1 is 0.603 bits per heavy atom. The van der Waals surface area contributed by atoms with Gasteiger partial charge >= 0.3 is 0 Å². The first kappa shape index (κ1) is 55.8. The molecular formula is C64H72N6O3S5. The van der Waals surface area contributed by atoms with Crippen LogP contribution in [0.15, 0.2) is 53.3 Å². The normalized spacial score (nSPS) is 15.6. The molecule has 0 spiro atoms. The van der Waals surface area contributed by atoms with Crippen LogP contribution in [0.4, 0.5) is 5.69 Å². The Balaban J connectivity index is 1.21. The van der Waals surface area contributed by atoms with Gasteiger partial charge in [-0.15, -0.1) is 45.3 Å². The number of nitriles is 3. The van der Waals surface area contributed by atoms with E-state index in [9.17, 15) is 15.8 Å². The number of fused-ring (bicyclic) bond motifs is 14. The van der Waals surface area contributed by atoms with Gasteiger partial charge in [0.25, 0.3) is 0 Å². The Bertz CT molecular complexity index is 3540. The number of hydrogen-bond donors (Lipinski definition) is 0. The lowest BCUT2D eigenvalue weighted by Gasteiger charge is -2.44. The van der Waals surface area contributed by atoms with Crippen LogP contribution in [0.2, 0.25) is 0 Å². The molecule has 0 N–H and O–H groups in total. The second-order valence-corrected chi connectivity index (χ2v) is 27.1. The van der Waals surface area contributed by atoms with Gasteiger partial charge in [-0.05, 0) is 101 Å². The Kier molecular flexibility index (Phi) is 16.9. The molecular weight excluding hydrogens is 1060 g/mol. The first-order valence-corrected chi connectivity index (χ1v) is 32.6. The molecule has 0 atom stereocenters. The lowest BCUT2D eigenvalue weighted by molar-refractivity contribution is 0.0134. The fraction of sp³-hybridized carbons (Fsp3) is 0.484. The Morgan fingerprint density at radius 3 is 1.55 bits per heavy atom. The monoisotopic (exact) mass is 1130 g/mol.